The second-order valence-electron chi connectivity index (χ2n) is 7.38. The monoisotopic (exact) mass is 473 g/mol. The predicted octanol–water partition coefficient (Wildman–Crippen LogP) is 4.06. The minimum absolute atomic E-state index is 0.0719. The molecule has 0 saturated carbocycles. The van der Waals surface area contributed by atoms with Gasteiger partial charge in [-0.15, -0.1) is 0 Å². The highest BCUT2D eigenvalue weighted by atomic mass is 35.5. The van der Waals surface area contributed by atoms with Crippen molar-refractivity contribution in [3.63, 3.8) is 0 Å². The van der Waals surface area contributed by atoms with Crippen LogP contribution in [0.3, 0.4) is 0 Å². The summed E-state index contributed by atoms with van der Waals surface area (Å²) in [5.41, 5.74) is 1.98. The van der Waals surface area contributed by atoms with E-state index in [-0.39, 0.29) is 6.61 Å². The Morgan fingerprint density at radius 2 is 1.69 bits per heavy atom. The van der Waals surface area contributed by atoms with Crippen molar-refractivity contribution < 1.29 is 14.3 Å². The number of halogens is 2. The zero-order valence-corrected chi connectivity index (χ0v) is 18.9. The number of anilines is 1. The summed E-state index contributed by atoms with van der Waals surface area (Å²) in [6.07, 6.45) is 3.24. The molecule has 0 unspecified atom stereocenters. The molecule has 10 heteroatoms. The van der Waals surface area contributed by atoms with Crippen molar-refractivity contribution in [2.75, 3.05) is 38.1 Å². The van der Waals surface area contributed by atoms with Crippen LogP contribution in [-0.2, 0) is 16.1 Å². The summed E-state index contributed by atoms with van der Waals surface area (Å²) in [5.74, 6) is 1.42. The first-order valence-corrected chi connectivity index (χ1v) is 10.7. The van der Waals surface area contributed by atoms with Crippen LogP contribution in [0.1, 0.15) is 5.56 Å². The number of benzene rings is 1. The molecule has 32 heavy (non-hydrogen) atoms. The van der Waals surface area contributed by atoms with Crippen LogP contribution in [0.2, 0.25) is 10.0 Å². The molecule has 3 aromatic rings. The molecule has 1 saturated heterocycles. The smallest absolute Gasteiger partial charge is 0.293 e. The third kappa shape index (κ3) is 5.64. The van der Waals surface area contributed by atoms with E-state index in [0.29, 0.717) is 50.9 Å². The normalized spacial score (nSPS) is 14.3. The first-order chi connectivity index (χ1) is 15.5. The molecule has 0 N–H and O–H groups in total. The van der Waals surface area contributed by atoms with E-state index in [0.717, 1.165) is 26.2 Å². The first kappa shape index (κ1) is 22.3. The van der Waals surface area contributed by atoms with E-state index in [1.54, 1.807) is 42.7 Å². The van der Waals surface area contributed by atoms with Crippen LogP contribution >= 0.6 is 23.2 Å². The second-order valence-corrected chi connectivity index (χ2v) is 8.25. The van der Waals surface area contributed by atoms with Crippen LogP contribution < -0.4 is 9.64 Å². The quantitative estimate of drug-likeness (QED) is 0.475. The number of carbonyl (C=O) groups is 1. The van der Waals surface area contributed by atoms with Gasteiger partial charge in [0.15, 0.2) is 5.75 Å². The van der Waals surface area contributed by atoms with E-state index in [4.69, 9.17) is 32.7 Å². The van der Waals surface area contributed by atoms with Crippen molar-refractivity contribution in [1.82, 2.24) is 19.9 Å². The van der Waals surface area contributed by atoms with E-state index in [1.165, 1.54) is 0 Å². The third-order valence-electron chi connectivity index (χ3n) is 4.96. The first-order valence-electron chi connectivity index (χ1n) is 9.96. The molecule has 8 nitrogen and oxygen atoms in total. The Morgan fingerprint density at radius 3 is 2.34 bits per heavy atom. The minimum atomic E-state index is 0.0719. The van der Waals surface area contributed by atoms with Gasteiger partial charge in [0, 0.05) is 47.9 Å². The molecule has 1 aromatic carbocycles. The van der Waals surface area contributed by atoms with E-state index in [9.17, 15) is 4.79 Å². The Bertz CT molecular complexity index is 1070. The fraction of sp³-hybridized carbons (Fsp3) is 0.273. The Kier molecular flexibility index (Phi) is 7.04. The molecular formula is C22H21Cl2N5O3. The van der Waals surface area contributed by atoms with E-state index < -0.39 is 0 Å². The molecule has 1 aliphatic heterocycles. The average molecular weight is 474 g/mol. The van der Waals surface area contributed by atoms with Gasteiger partial charge in [0.1, 0.15) is 6.61 Å². The fourth-order valence-corrected chi connectivity index (χ4v) is 3.85. The third-order valence-corrected chi connectivity index (χ3v) is 5.40. The van der Waals surface area contributed by atoms with Gasteiger partial charge in [-0.05, 0) is 36.9 Å². The van der Waals surface area contributed by atoms with Crippen molar-refractivity contribution in [2.45, 2.75) is 6.61 Å². The van der Waals surface area contributed by atoms with E-state index >= 15 is 0 Å². The number of pyridine rings is 1. The van der Waals surface area contributed by atoms with E-state index in [1.807, 2.05) is 0 Å². The van der Waals surface area contributed by atoms with Gasteiger partial charge in [0.25, 0.3) is 6.47 Å². The van der Waals surface area contributed by atoms with Gasteiger partial charge in [-0.3, -0.25) is 4.79 Å². The number of hydrogen-bond acceptors (Lipinski definition) is 8. The molecule has 1 aliphatic rings. The van der Waals surface area contributed by atoms with Crippen LogP contribution in [0, 0.1) is 0 Å². The zero-order chi connectivity index (χ0) is 22.5. The van der Waals surface area contributed by atoms with Gasteiger partial charge in [0.2, 0.25) is 11.8 Å². The summed E-state index contributed by atoms with van der Waals surface area (Å²) in [6, 6.07) is 8.61. The highest BCUT2D eigenvalue weighted by Crippen LogP contribution is 2.30. The lowest BCUT2D eigenvalue weighted by Crippen LogP contribution is -2.45. The molecule has 0 radical (unpaired) electrons. The summed E-state index contributed by atoms with van der Waals surface area (Å²) < 4.78 is 10.8. The van der Waals surface area contributed by atoms with Gasteiger partial charge in [-0.2, -0.15) is 0 Å². The number of aromatic nitrogens is 3. The molecule has 0 spiro atoms. The maximum Gasteiger partial charge on any atom is 0.293 e. The molecule has 2 aromatic heterocycles. The number of likely N-dealkylation sites (N-methyl/N-ethyl adjacent to an activating group) is 1. The Morgan fingerprint density at radius 1 is 1.00 bits per heavy atom. The SMILES string of the molecule is CN1CCN(c2ncc(Oc3cc(COC=O)cc(-c4cc(Cl)cc(Cl)c4)n3)cn2)CC1. The summed E-state index contributed by atoms with van der Waals surface area (Å²) in [6.45, 7) is 4.16. The molecule has 0 amide bonds. The van der Waals surface area contributed by atoms with Crippen molar-refractivity contribution in [2.24, 2.45) is 0 Å². The lowest BCUT2D eigenvalue weighted by atomic mass is 10.1. The van der Waals surface area contributed by atoms with Crippen LogP contribution in [-0.4, -0.2) is 59.6 Å². The Labute approximate surface area is 195 Å². The molecule has 0 bridgehead atoms. The lowest BCUT2D eigenvalue weighted by Gasteiger charge is -2.32. The maximum absolute atomic E-state index is 10.7. The largest absolute Gasteiger partial charge is 0.463 e. The van der Waals surface area contributed by atoms with Crippen LogP contribution in [0.4, 0.5) is 5.95 Å². The number of rotatable bonds is 7. The van der Waals surface area contributed by atoms with Gasteiger partial charge in [-0.25, -0.2) is 15.0 Å². The van der Waals surface area contributed by atoms with Gasteiger partial charge in [0.05, 0.1) is 18.1 Å². The minimum Gasteiger partial charge on any atom is -0.463 e. The highest BCUT2D eigenvalue weighted by molar-refractivity contribution is 6.35. The number of hydrogen-bond donors (Lipinski definition) is 0. The topological polar surface area (TPSA) is 80.7 Å². The van der Waals surface area contributed by atoms with Crippen LogP contribution in [0.15, 0.2) is 42.7 Å². The van der Waals surface area contributed by atoms with Gasteiger partial charge < -0.3 is 19.3 Å². The van der Waals surface area contributed by atoms with Gasteiger partial charge >= 0.3 is 0 Å². The zero-order valence-electron chi connectivity index (χ0n) is 17.4. The predicted molar refractivity (Wildman–Crippen MR) is 122 cm³/mol. The van der Waals surface area contributed by atoms with Crippen molar-refractivity contribution >= 4 is 35.6 Å². The standard InChI is InChI=1S/C22H21Cl2N5O3/c1-28-2-4-29(5-3-28)22-25-11-19(12-26-22)32-21-7-15(13-31-14-30)6-20(27-21)16-8-17(23)10-18(24)9-16/h6-12,14H,2-5,13H2,1H3. The summed E-state index contributed by atoms with van der Waals surface area (Å²) in [7, 11) is 2.10. The second kappa shape index (κ2) is 10.1. The number of ether oxygens (including phenoxy) is 2. The molecular weight excluding hydrogens is 453 g/mol. The average Bonchev–Trinajstić information content (AvgIpc) is 2.78. The van der Waals surface area contributed by atoms with Gasteiger partial charge in [-0.1, -0.05) is 23.2 Å². The highest BCUT2D eigenvalue weighted by Gasteiger charge is 2.16. The van der Waals surface area contributed by atoms with Crippen molar-refractivity contribution in [1.29, 1.82) is 0 Å². The molecule has 166 valence electrons. The number of nitrogens with zero attached hydrogens (tertiary/aromatic N) is 5. The molecule has 1 fully saturated rings. The lowest BCUT2D eigenvalue weighted by molar-refractivity contribution is -0.129. The number of piperazine rings is 1. The molecule has 3 heterocycles. The van der Waals surface area contributed by atoms with E-state index in [2.05, 4.69) is 31.8 Å². The van der Waals surface area contributed by atoms with Crippen molar-refractivity contribution in [3.8, 4) is 22.9 Å². The Balaban J connectivity index is 1.57. The Hall–Kier alpha value is -2.94. The molecule has 0 atom stereocenters. The number of carbonyl (C=O) groups excluding carboxylic acids is 1. The fourth-order valence-electron chi connectivity index (χ4n) is 3.33. The van der Waals surface area contributed by atoms with Crippen molar-refractivity contribution in [3.05, 3.63) is 58.3 Å². The maximum atomic E-state index is 10.7. The summed E-state index contributed by atoms with van der Waals surface area (Å²) >= 11 is 12.3. The van der Waals surface area contributed by atoms with Crippen LogP contribution in [0.5, 0.6) is 11.6 Å². The van der Waals surface area contributed by atoms with Crippen LogP contribution in [0.25, 0.3) is 11.3 Å². The molecule has 4 rings (SSSR count). The summed E-state index contributed by atoms with van der Waals surface area (Å²) in [4.78, 5) is 28.5. The molecule has 0 aliphatic carbocycles. The summed E-state index contributed by atoms with van der Waals surface area (Å²) in [5, 5.41) is 0.971.